The first-order chi connectivity index (χ1) is 5.38. The van der Waals surface area contributed by atoms with Gasteiger partial charge < -0.3 is 5.11 Å². The van der Waals surface area contributed by atoms with Crippen molar-refractivity contribution in [3.63, 3.8) is 0 Å². The molecule has 0 spiro atoms. The lowest BCUT2D eigenvalue weighted by Gasteiger charge is -2.06. The molecule has 3 heteroatoms. The number of hydrogen-bond acceptors (Lipinski definition) is 2. The zero-order valence-electron chi connectivity index (χ0n) is 6.68. The number of aromatic nitrogens is 1. The van der Waals surface area contributed by atoms with Gasteiger partial charge in [-0.15, -0.1) is 12.4 Å². The standard InChI is InChI=1S/C9H11NO.ClH/c11-9(7-4-5-7)8-3-1-2-6-10-8;/h1-3,6-7,9,11H,4-5H2;1H/t9-;/m0./s1. The Morgan fingerprint density at radius 2 is 2.17 bits per heavy atom. The second kappa shape index (κ2) is 3.87. The molecule has 0 radical (unpaired) electrons. The average Bonchev–Trinajstić information content (AvgIpc) is 2.87. The number of aliphatic hydroxyl groups excluding tert-OH is 1. The van der Waals surface area contributed by atoms with Gasteiger partial charge >= 0.3 is 0 Å². The Morgan fingerprint density at radius 3 is 2.67 bits per heavy atom. The number of pyridine rings is 1. The SMILES string of the molecule is Cl.O[C@H](c1ccccn1)C1CC1. The van der Waals surface area contributed by atoms with Gasteiger partial charge in [-0.25, -0.2) is 0 Å². The summed E-state index contributed by atoms with van der Waals surface area (Å²) < 4.78 is 0. The van der Waals surface area contributed by atoms with E-state index in [0.29, 0.717) is 5.92 Å². The number of nitrogens with zero attached hydrogens (tertiary/aromatic N) is 1. The van der Waals surface area contributed by atoms with E-state index in [4.69, 9.17) is 0 Å². The number of hydrogen-bond donors (Lipinski definition) is 1. The second-order valence-electron chi connectivity index (χ2n) is 3.04. The quantitative estimate of drug-likeness (QED) is 0.764. The predicted molar refractivity (Wildman–Crippen MR) is 49.2 cm³/mol. The average molecular weight is 186 g/mol. The molecule has 0 saturated heterocycles. The molecule has 1 saturated carbocycles. The molecule has 1 N–H and O–H groups in total. The van der Waals surface area contributed by atoms with Gasteiger partial charge in [-0.05, 0) is 30.9 Å². The van der Waals surface area contributed by atoms with Crippen molar-refractivity contribution in [2.45, 2.75) is 18.9 Å². The summed E-state index contributed by atoms with van der Waals surface area (Å²) in [5, 5.41) is 9.60. The van der Waals surface area contributed by atoms with Crippen LogP contribution in [0.1, 0.15) is 24.6 Å². The van der Waals surface area contributed by atoms with Crippen molar-refractivity contribution in [2.75, 3.05) is 0 Å². The van der Waals surface area contributed by atoms with Crippen LogP contribution in [0.15, 0.2) is 24.4 Å². The lowest BCUT2D eigenvalue weighted by Crippen LogP contribution is -2.01. The highest BCUT2D eigenvalue weighted by atomic mass is 35.5. The summed E-state index contributed by atoms with van der Waals surface area (Å²) in [6, 6.07) is 5.65. The van der Waals surface area contributed by atoms with Crippen LogP contribution in [0.5, 0.6) is 0 Å². The van der Waals surface area contributed by atoms with E-state index >= 15 is 0 Å². The third-order valence-electron chi connectivity index (χ3n) is 2.06. The molecule has 2 rings (SSSR count). The molecular weight excluding hydrogens is 174 g/mol. The summed E-state index contributed by atoms with van der Waals surface area (Å²) in [6.45, 7) is 0. The highest BCUT2D eigenvalue weighted by Gasteiger charge is 2.31. The maximum Gasteiger partial charge on any atom is 0.0987 e. The normalized spacial score (nSPS) is 18.1. The summed E-state index contributed by atoms with van der Waals surface area (Å²) in [6.07, 6.45) is 3.70. The third-order valence-corrected chi connectivity index (χ3v) is 2.06. The highest BCUT2D eigenvalue weighted by molar-refractivity contribution is 5.85. The van der Waals surface area contributed by atoms with Gasteiger partial charge in [0.05, 0.1) is 11.8 Å². The molecule has 1 aromatic heterocycles. The topological polar surface area (TPSA) is 33.1 Å². The molecule has 1 aliphatic carbocycles. The Balaban J connectivity index is 0.000000720. The highest BCUT2D eigenvalue weighted by Crippen LogP contribution is 2.39. The minimum atomic E-state index is -0.323. The molecule has 1 aliphatic rings. The summed E-state index contributed by atoms with van der Waals surface area (Å²) in [4.78, 5) is 4.09. The van der Waals surface area contributed by atoms with E-state index < -0.39 is 0 Å². The van der Waals surface area contributed by atoms with Crippen molar-refractivity contribution >= 4 is 12.4 Å². The lowest BCUT2D eigenvalue weighted by atomic mass is 10.1. The molecule has 0 unspecified atom stereocenters. The summed E-state index contributed by atoms with van der Waals surface area (Å²) >= 11 is 0. The molecule has 2 nitrogen and oxygen atoms in total. The Kier molecular flexibility index (Phi) is 3.06. The first-order valence-electron chi connectivity index (χ1n) is 3.97. The van der Waals surface area contributed by atoms with Crippen molar-refractivity contribution in [1.82, 2.24) is 4.98 Å². The summed E-state index contributed by atoms with van der Waals surface area (Å²) in [5.41, 5.74) is 0.815. The van der Waals surface area contributed by atoms with Crippen molar-refractivity contribution in [2.24, 2.45) is 5.92 Å². The minimum absolute atomic E-state index is 0. The van der Waals surface area contributed by atoms with E-state index in [2.05, 4.69) is 4.98 Å². The fourth-order valence-electron chi connectivity index (χ4n) is 1.20. The third kappa shape index (κ3) is 1.96. The van der Waals surface area contributed by atoms with E-state index in [1.54, 1.807) is 6.20 Å². The Morgan fingerprint density at radius 1 is 1.42 bits per heavy atom. The number of halogens is 1. The molecule has 0 aliphatic heterocycles. The van der Waals surface area contributed by atoms with Gasteiger partial charge in [0, 0.05) is 6.20 Å². The van der Waals surface area contributed by atoms with Crippen LogP contribution >= 0.6 is 12.4 Å². The molecule has 12 heavy (non-hydrogen) atoms. The lowest BCUT2D eigenvalue weighted by molar-refractivity contribution is 0.149. The molecule has 0 amide bonds. The molecule has 1 atom stereocenters. The molecule has 0 bridgehead atoms. The zero-order chi connectivity index (χ0) is 7.68. The predicted octanol–water partition coefficient (Wildman–Crippen LogP) is 1.95. The largest absolute Gasteiger partial charge is 0.387 e. The van der Waals surface area contributed by atoms with Gasteiger partial charge in [0.25, 0.3) is 0 Å². The van der Waals surface area contributed by atoms with Crippen molar-refractivity contribution in [3.05, 3.63) is 30.1 Å². The summed E-state index contributed by atoms with van der Waals surface area (Å²) in [7, 11) is 0. The molecule has 0 aromatic carbocycles. The minimum Gasteiger partial charge on any atom is -0.387 e. The second-order valence-corrected chi connectivity index (χ2v) is 3.04. The van der Waals surface area contributed by atoms with Gasteiger partial charge in [-0.1, -0.05) is 6.07 Å². The van der Waals surface area contributed by atoms with Crippen LogP contribution in [-0.2, 0) is 0 Å². The van der Waals surface area contributed by atoms with Gasteiger partial charge in [0.1, 0.15) is 0 Å². The molecule has 66 valence electrons. The monoisotopic (exact) mass is 185 g/mol. The van der Waals surface area contributed by atoms with E-state index in [1.807, 2.05) is 18.2 Å². The Labute approximate surface area is 78.1 Å². The molecule has 1 fully saturated rings. The van der Waals surface area contributed by atoms with Crippen LogP contribution in [0.25, 0.3) is 0 Å². The van der Waals surface area contributed by atoms with Crippen LogP contribution in [-0.4, -0.2) is 10.1 Å². The Bertz CT molecular complexity index is 236. The van der Waals surface area contributed by atoms with Gasteiger partial charge in [-0.3, -0.25) is 4.98 Å². The van der Waals surface area contributed by atoms with Crippen molar-refractivity contribution in [3.8, 4) is 0 Å². The summed E-state index contributed by atoms with van der Waals surface area (Å²) in [5.74, 6) is 0.477. The van der Waals surface area contributed by atoms with Crippen LogP contribution in [0.2, 0.25) is 0 Å². The Hall–Kier alpha value is -0.600. The zero-order valence-corrected chi connectivity index (χ0v) is 7.50. The molecule has 1 aromatic rings. The van der Waals surface area contributed by atoms with Crippen LogP contribution < -0.4 is 0 Å². The van der Waals surface area contributed by atoms with E-state index in [9.17, 15) is 5.11 Å². The van der Waals surface area contributed by atoms with E-state index in [1.165, 1.54) is 0 Å². The van der Waals surface area contributed by atoms with Crippen molar-refractivity contribution < 1.29 is 5.11 Å². The van der Waals surface area contributed by atoms with E-state index in [-0.39, 0.29) is 18.5 Å². The van der Waals surface area contributed by atoms with Gasteiger partial charge in [0.15, 0.2) is 0 Å². The maximum atomic E-state index is 9.60. The number of rotatable bonds is 2. The van der Waals surface area contributed by atoms with Gasteiger partial charge in [-0.2, -0.15) is 0 Å². The van der Waals surface area contributed by atoms with Crippen LogP contribution in [0.4, 0.5) is 0 Å². The first kappa shape index (κ1) is 9.49. The molecular formula is C9H12ClNO. The molecule has 1 heterocycles. The first-order valence-corrected chi connectivity index (χ1v) is 3.97. The van der Waals surface area contributed by atoms with E-state index in [0.717, 1.165) is 18.5 Å². The maximum absolute atomic E-state index is 9.60. The smallest absolute Gasteiger partial charge is 0.0987 e. The van der Waals surface area contributed by atoms with Crippen molar-refractivity contribution in [1.29, 1.82) is 0 Å². The fraction of sp³-hybridized carbons (Fsp3) is 0.444. The van der Waals surface area contributed by atoms with Gasteiger partial charge in [0.2, 0.25) is 0 Å². The fourth-order valence-corrected chi connectivity index (χ4v) is 1.20. The van der Waals surface area contributed by atoms with Crippen LogP contribution in [0.3, 0.4) is 0 Å². The van der Waals surface area contributed by atoms with Crippen LogP contribution in [0, 0.1) is 5.92 Å². The number of aliphatic hydroxyl groups is 1.